The van der Waals surface area contributed by atoms with E-state index in [9.17, 15) is 8.96 Å². The summed E-state index contributed by atoms with van der Waals surface area (Å²) in [6.45, 7) is 3.87. The second kappa shape index (κ2) is 8.47. The van der Waals surface area contributed by atoms with E-state index in [1.807, 2.05) is 30.3 Å². The first-order valence-electron chi connectivity index (χ1n) is 9.56. The molecule has 156 valence electrons. The average molecular weight is 429 g/mol. The minimum absolute atomic E-state index is 0.188. The zero-order valence-corrected chi connectivity index (χ0v) is 17.4. The number of aromatic nitrogens is 4. The van der Waals surface area contributed by atoms with Crippen LogP contribution in [0.5, 0.6) is 0 Å². The Morgan fingerprint density at radius 2 is 1.80 bits per heavy atom. The van der Waals surface area contributed by atoms with E-state index in [1.54, 1.807) is 30.5 Å². The zero-order valence-electron chi connectivity index (χ0n) is 16.5. The molecule has 0 bridgehead atoms. The summed E-state index contributed by atoms with van der Waals surface area (Å²) in [4.78, 5) is 0. The van der Waals surface area contributed by atoms with Gasteiger partial charge in [0, 0.05) is 16.6 Å². The summed E-state index contributed by atoms with van der Waals surface area (Å²) in [7, 11) is -3.70. The lowest BCUT2D eigenvalue weighted by Gasteiger charge is -2.28. The molecule has 0 aliphatic carbocycles. The second-order valence-electron chi connectivity index (χ2n) is 6.50. The van der Waals surface area contributed by atoms with Crippen molar-refractivity contribution in [3.05, 3.63) is 66.0 Å². The van der Waals surface area contributed by atoms with Gasteiger partial charge in [0.15, 0.2) is 11.4 Å². The summed E-state index contributed by atoms with van der Waals surface area (Å²) < 4.78 is 40.1. The first kappa shape index (κ1) is 20.4. The SMILES string of the molecule is CCOP(=O)(OCC)C(Nc1ccc(F)cc1)c1cc2ccccc2n2nnnc12. The lowest BCUT2D eigenvalue weighted by atomic mass is 10.1. The van der Waals surface area contributed by atoms with Crippen LogP contribution in [0, 0.1) is 5.82 Å². The van der Waals surface area contributed by atoms with Crippen LogP contribution in [0.25, 0.3) is 16.6 Å². The lowest BCUT2D eigenvalue weighted by Crippen LogP contribution is -2.17. The number of hydrogen-bond donors (Lipinski definition) is 1. The maximum Gasteiger partial charge on any atom is 0.357 e. The smallest absolute Gasteiger partial charge is 0.357 e. The number of pyridine rings is 1. The fraction of sp³-hybridized carbons (Fsp3) is 0.250. The monoisotopic (exact) mass is 429 g/mol. The van der Waals surface area contributed by atoms with Crippen molar-refractivity contribution < 1.29 is 18.0 Å². The van der Waals surface area contributed by atoms with Gasteiger partial charge in [0.05, 0.1) is 18.7 Å². The molecule has 1 N–H and O–H groups in total. The van der Waals surface area contributed by atoms with E-state index in [2.05, 4.69) is 20.8 Å². The number of fused-ring (bicyclic) bond motifs is 3. The van der Waals surface area contributed by atoms with Crippen molar-refractivity contribution in [2.45, 2.75) is 19.6 Å². The third-order valence-corrected chi connectivity index (χ3v) is 6.86. The van der Waals surface area contributed by atoms with Crippen molar-refractivity contribution >= 4 is 29.8 Å². The minimum Gasteiger partial charge on any atom is -0.368 e. The van der Waals surface area contributed by atoms with Crippen molar-refractivity contribution in [2.24, 2.45) is 0 Å². The van der Waals surface area contributed by atoms with Gasteiger partial charge in [-0.05, 0) is 60.7 Å². The Balaban J connectivity index is 1.93. The number of anilines is 1. The number of benzene rings is 2. The Bertz CT molecular complexity index is 1200. The standard InChI is InChI=1S/C20H21FN5O3P/c1-3-28-30(27,29-4-2)20(22-16-11-9-15(21)10-12-16)17-13-14-7-5-6-8-18(14)26-19(17)23-24-25-26/h5-13,20,22H,3-4H2,1-2H3. The van der Waals surface area contributed by atoms with E-state index in [1.165, 1.54) is 12.1 Å². The number of nitrogens with zero attached hydrogens (tertiary/aromatic N) is 4. The topological polar surface area (TPSA) is 90.6 Å². The van der Waals surface area contributed by atoms with Crippen LogP contribution < -0.4 is 5.32 Å². The predicted molar refractivity (Wildman–Crippen MR) is 112 cm³/mol. The largest absolute Gasteiger partial charge is 0.368 e. The highest BCUT2D eigenvalue weighted by atomic mass is 31.2. The highest BCUT2D eigenvalue weighted by molar-refractivity contribution is 7.54. The molecule has 0 aliphatic heterocycles. The molecule has 2 aromatic carbocycles. The van der Waals surface area contributed by atoms with E-state index < -0.39 is 13.4 Å². The van der Waals surface area contributed by atoms with Crippen LogP contribution in [0.1, 0.15) is 25.2 Å². The van der Waals surface area contributed by atoms with Gasteiger partial charge in [0.2, 0.25) is 0 Å². The Kier molecular flexibility index (Phi) is 5.76. The molecule has 2 aromatic heterocycles. The zero-order chi connectivity index (χ0) is 21.1. The second-order valence-corrected chi connectivity index (χ2v) is 8.61. The van der Waals surface area contributed by atoms with Gasteiger partial charge in [-0.3, -0.25) is 4.57 Å². The number of para-hydroxylation sites is 1. The Labute approximate surface area is 172 Å². The Morgan fingerprint density at radius 3 is 2.50 bits per heavy atom. The van der Waals surface area contributed by atoms with Crippen LogP contribution in [0.2, 0.25) is 0 Å². The van der Waals surface area contributed by atoms with Crippen molar-refractivity contribution in [3.8, 4) is 0 Å². The summed E-state index contributed by atoms with van der Waals surface area (Å²) in [6, 6.07) is 15.2. The molecule has 4 aromatic rings. The molecule has 2 heterocycles. The molecule has 0 saturated carbocycles. The molecule has 0 radical (unpaired) electrons. The van der Waals surface area contributed by atoms with Gasteiger partial charge >= 0.3 is 7.60 Å². The third kappa shape index (κ3) is 3.79. The number of rotatable bonds is 8. The lowest BCUT2D eigenvalue weighted by molar-refractivity contribution is 0.214. The van der Waals surface area contributed by atoms with Gasteiger partial charge in [-0.1, -0.05) is 18.2 Å². The Hall–Kier alpha value is -2.87. The molecule has 0 saturated heterocycles. The molecule has 1 atom stereocenters. The average Bonchev–Trinajstić information content (AvgIpc) is 3.23. The van der Waals surface area contributed by atoms with Crippen molar-refractivity contribution in [3.63, 3.8) is 0 Å². The van der Waals surface area contributed by atoms with E-state index in [0.29, 0.717) is 16.9 Å². The van der Waals surface area contributed by atoms with Crippen LogP contribution in [0.4, 0.5) is 10.1 Å². The normalized spacial score (nSPS) is 13.0. The number of halogens is 1. The fourth-order valence-corrected chi connectivity index (χ4v) is 5.27. The van der Waals surface area contributed by atoms with Gasteiger partial charge in [-0.2, -0.15) is 4.52 Å². The molecular formula is C20H21FN5O3P. The van der Waals surface area contributed by atoms with Crippen LogP contribution in [0.15, 0.2) is 54.6 Å². The van der Waals surface area contributed by atoms with Gasteiger partial charge < -0.3 is 14.4 Å². The predicted octanol–water partition coefficient (Wildman–Crippen LogP) is 4.79. The molecule has 0 amide bonds. The van der Waals surface area contributed by atoms with E-state index >= 15 is 0 Å². The van der Waals surface area contributed by atoms with Crippen LogP contribution >= 0.6 is 7.60 Å². The maximum absolute atomic E-state index is 13.8. The molecule has 0 fully saturated rings. The van der Waals surface area contributed by atoms with Crippen LogP contribution in [-0.2, 0) is 13.6 Å². The minimum atomic E-state index is -3.70. The molecule has 4 rings (SSSR count). The van der Waals surface area contributed by atoms with Gasteiger partial charge in [-0.15, -0.1) is 5.10 Å². The molecule has 10 heteroatoms. The highest BCUT2D eigenvalue weighted by Gasteiger charge is 2.39. The highest BCUT2D eigenvalue weighted by Crippen LogP contribution is 2.61. The fourth-order valence-electron chi connectivity index (χ4n) is 3.34. The molecule has 0 spiro atoms. The van der Waals surface area contributed by atoms with E-state index in [0.717, 1.165) is 10.9 Å². The quantitative estimate of drug-likeness (QED) is 0.403. The summed E-state index contributed by atoms with van der Waals surface area (Å²) in [5.41, 5.74) is 2.34. The summed E-state index contributed by atoms with van der Waals surface area (Å²) in [6.07, 6.45) is 0. The van der Waals surface area contributed by atoms with Gasteiger partial charge in [0.1, 0.15) is 5.82 Å². The van der Waals surface area contributed by atoms with Crippen molar-refractivity contribution in [2.75, 3.05) is 18.5 Å². The molecule has 1 unspecified atom stereocenters. The summed E-state index contributed by atoms with van der Waals surface area (Å²) in [5.74, 6) is -1.29. The molecule has 0 aliphatic rings. The molecule has 8 nitrogen and oxygen atoms in total. The molecule has 30 heavy (non-hydrogen) atoms. The maximum atomic E-state index is 13.8. The van der Waals surface area contributed by atoms with Crippen molar-refractivity contribution in [1.82, 2.24) is 20.0 Å². The first-order valence-corrected chi connectivity index (χ1v) is 11.2. The molecular weight excluding hydrogens is 408 g/mol. The van der Waals surface area contributed by atoms with Crippen LogP contribution in [0.3, 0.4) is 0 Å². The van der Waals surface area contributed by atoms with E-state index in [4.69, 9.17) is 9.05 Å². The van der Waals surface area contributed by atoms with Crippen LogP contribution in [-0.4, -0.2) is 33.3 Å². The number of tetrazole rings is 1. The van der Waals surface area contributed by atoms with Gasteiger partial charge in [-0.25, -0.2) is 4.39 Å². The van der Waals surface area contributed by atoms with Gasteiger partial charge in [0.25, 0.3) is 0 Å². The Morgan fingerprint density at radius 1 is 1.10 bits per heavy atom. The summed E-state index contributed by atoms with van der Waals surface area (Å²) >= 11 is 0. The van der Waals surface area contributed by atoms with Crippen molar-refractivity contribution in [1.29, 1.82) is 0 Å². The first-order chi connectivity index (χ1) is 14.6. The number of hydrogen-bond acceptors (Lipinski definition) is 7. The third-order valence-electron chi connectivity index (χ3n) is 4.58. The van der Waals surface area contributed by atoms with E-state index in [-0.39, 0.29) is 19.0 Å². The number of nitrogens with one attached hydrogen (secondary N) is 1. The summed E-state index contributed by atoms with van der Waals surface area (Å²) in [5, 5.41) is 16.1.